The van der Waals surface area contributed by atoms with Crippen LogP contribution < -0.4 is 4.74 Å². The average Bonchev–Trinajstić information content (AvgIpc) is 2.47. The van der Waals surface area contributed by atoms with Gasteiger partial charge in [-0.3, -0.25) is 9.69 Å². The summed E-state index contributed by atoms with van der Waals surface area (Å²) in [7, 11) is 1.83. The molecule has 1 aromatic carbocycles. The maximum absolute atomic E-state index is 11.9. The average molecular weight is 294 g/mol. The summed E-state index contributed by atoms with van der Waals surface area (Å²) in [4.78, 5) is 15.5. The van der Waals surface area contributed by atoms with E-state index >= 15 is 0 Å². The molecule has 1 rings (SSSR count). The highest BCUT2D eigenvalue weighted by molar-refractivity contribution is 5.78. The van der Waals surface area contributed by atoms with Crippen LogP contribution in [0.5, 0.6) is 5.75 Å². The number of hydrogen-bond acceptors (Lipinski definition) is 4. The summed E-state index contributed by atoms with van der Waals surface area (Å²) in [5.74, 6) is 0.817. The highest BCUT2D eigenvalue weighted by atomic mass is 16.5. The fourth-order valence-electron chi connectivity index (χ4n) is 2.09. The van der Waals surface area contributed by atoms with Gasteiger partial charge in [0, 0.05) is 19.6 Å². The second-order valence-corrected chi connectivity index (χ2v) is 5.04. The second-order valence-electron chi connectivity index (χ2n) is 5.04. The fourth-order valence-corrected chi connectivity index (χ4v) is 2.09. The molecule has 5 nitrogen and oxygen atoms in total. The minimum atomic E-state index is -0.625. The molecule has 0 aromatic heterocycles. The Morgan fingerprint density at radius 3 is 2.43 bits per heavy atom. The summed E-state index contributed by atoms with van der Waals surface area (Å²) >= 11 is 0. The predicted molar refractivity (Wildman–Crippen MR) is 83.4 cm³/mol. The van der Waals surface area contributed by atoms with Crippen molar-refractivity contribution in [1.82, 2.24) is 9.80 Å². The van der Waals surface area contributed by atoms with E-state index < -0.39 is 6.10 Å². The largest absolute Gasteiger partial charge is 0.491 e. The molecule has 1 N–H and O–H groups in total. The molecule has 1 unspecified atom stereocenters. The first kappa shape index (κ1) is 17.5. The van der Waals surface area contributed by atoms with Crippen LogP contribution in [-0.4, -0.2) is 66.8 Å². The molecule has 0 saturated heterocycles. The molecule has 0 aliphatic carbocycles. The number of ether oxygens (including phenoxy) is 1. The molecule has 0 saturated carbocycles. The fraction of sp³-hybridized carbons (Fsp3) is 0.562. The van der Waals surface area contributed by atoms with E-state index in [9.17, 15) is 9.90 Å². The van der Waals surface area contributed by atoms with Gasteiger partial charge in [-0.2, -0.15) is 0 Å². The van der Waals surface area contributed by atoms with E-state index in [1.807, 2.05) is 56.1 Å². The quantitative estimate of drug-likeness (QED) is 0.744. The number of rotatable bonds is 9. The van der Waals surface area contributed by atoms with Gasteiger partial charge >= 0.3 is 0 Å². The maximum atomic E-state index is 11.9. The van der Waals surface area contributed by atoms with Gasteiger partial charge in [0.2, 0.25) is 5.91 Å². The first-order chi connectivity index (χ1) is 10.1. The van der Waals surface area contributed by atoms with Crippen LogP contribution in [0.15, 0.2) is 30.3 Å². The molecular weight excluding hydrogens is 268 g/mol. The van der Waals surface area contributed by atoms with Crippen LogP contribution in [0, 0.1) is 0 Å². The Morgan fingerprint density at radius 1 is 1.24 bits per heavy atom. The number of hydrogen-bond donors (Lipinski definition) is 1. The molecule has 0 bridgehead atoms. The van der Waals surface area contributed by atoms with Gasteiger partial charge in [0.05, 0.1) is 6.54 Å². The number of aliphatic hydroxyl groups excluding tert-OH is 1. The summed E-state index contributed by atoms with van der Waals surface area (Å²) in [6, 6.07) is 9.38. The van der Waals surface area contributed by atoms with E-state index in [2.05, 4.69) is 0 Å². The van der Waals surface area contributed by atoms with E-state index in [1.54, 1.807) is 4.90 Å². The van der Waals surface area contributed by atoms with E-state index in [1.165, 1.54) is 0 Å². The van der Waals surface area contributed by atoms with Crippen molar-refractivity contribution in [1.29, 1.82) is 0 Å². The topological polar surface area (TPSA) is 53.0 Å². The second kappa shape index (κ2) is 9.37. The molecule has 1 amide bonds. The molecule has 21 heavy (non-hydrogen) atoms. The normalized spacial score (nSPS) is 12.2. The van der Waals surface area contributed by atoms with Crippen molar-refractivity contribution >= 4 is 5.91 Å². The molecule has 0 radical (unpaired) electrons. The summed E-state index contributed by atoms with van der Waals surface area (Å²) in [6.07, 6.45) is -0.625. The zero-order valence-corrected chi connectivity index (χ0v) is 13.2. The summed E-state index contributed by atoms with van der Waals surface area (Å²) in [6.45, 7) is 6.28. The van der Waals surface area contributed by atoms with Crippen LogP contribution in [0.3, 0.4) is 0 Å². The van der Waals surface area contributed by atoms with Crippen molar-refractivity contribution in [3.05, 3.63) is 30.3 Å². The van der Waals surface area contributed by atoms with E-state index in [0.29, 0.717) is 26.2 Å². The molecular formula is C16H26N2O3. The molecule has 1 aromatic rings. The molecule has 0 aliphatic heterocycles. The van der Waals surface area contributed by atoms with Crippen molar-refractivity contribution < 1.29 is 14.6 Å². The molecule has 0 spiro atoms. The highest BCUT2D eigenvalue weighted by Crippen LogP contribution is 2.08. The monoisotopic (exact) mass is 294 g/mol. The molecule has 0 heterocycles. The van der Waals surface area contributed by atoms with E-state index in [0.717, 1.165) is 5.75 Å². The van der Waals surface area contributed by atoms with Crippen molar-refractivity contribution in [2.75, 3.05) is 39.8 Å². The Labute approximate surface area is 127 Å². The summed E-state index contributed by atoms with van der Waals surface area (Å²) < 4.78 is 5.49. The van der Waals surface area contributed by atoms with Crippen molar-refractivity contribution in [2.45, 2.75) is 20.0 Å². The number of benzene rings is 1. The van der Waals surface area contributed by atoms with Gasteiger partial charge in [0.15, 0.2) is 0 Å². The Bertz CT molecular complexity index is 407. The molecule has 0 fully saturated rings. The number of para-hydroxylation sites is 1. The third-order valence-electron chi connectivity index (χ3n) is 3.23. The van der Waals surface area contributed by atoms with E-state index in [-0.39, 0.29) is 12.5 Å². The van der Waals surface area contributed by atoms with Crippen molar-refractivity contribution in [3.63, 3.8) is 0 Å². The van der Waals surface area contributed by atoms with Gasteiger partial charge in [-0.1, -0.05) is 18.2 Å². The van der Waals surface area contributed by atoms with Crippen molar-refractivity contribution in [3.8, 4) is 5.75 Å². The maximum Gasteiger partial charge on any atom is 0.236 e. The van der Waals surface area contributed by atoms with Gasteiger partial charge in [-0.25, -0.2) is 0 Å². The number of likely N-dealkylation sites (N-methyl/N-ethyl adjacent to an activating group) is 2. The lowest BCUT2D eigenvalue weighted by Gasteiger charge is -2.24. The third-order valence-corrected chi connectivity index (χ3v) is 3.23. The van der Waals surface area contributed by atoms with Gasteiger partial charge < -0.3 is 14.7 Å². The minimum absolute atomic E-state index is 0.0821. The highest BCUT2D eigenvalue weighted by Gasteiger charge is 2.15. The zero-order chi connectivity index (χ0) is 15.7. The van der Waals surface area contributed by atoms with Gasteiger partial charge in [0.1, 0.15) is 18.5 Å². The number of carbonyl (C=O) groups excluding carboxylic acids is 1. The first-order valence-corrected chi connectivity index (χ1v) is 7.39. The SMILES string of the molecule is CCN(CC)C(=O)CN(C)CC(O)COc1ccccc1. The molecule has 1 atom stereocenters. The van der Waals surface area contributed by atoms with Crippen LogP contribution in [-0.2, 0) is 4.79 Å². The van der Waals surface area contributed by atoms with E-state index in [4.69, 9.17) is 4.74 Å². The Hall–Kier alpha value is -1.59. The smallest absolute Gasteiger partial charge is 0.236 e. The first-order valence-electron chi connectivity index (χ1n) is 7.39. The van der Waals surface area contributed by atoms with Crippen molar-refractivity contribution in [2.24, 2.45) is 0 Å². The van der Waals surface area contributed by atoms with Gasteiger partial charge in [-0.15, -0.1) is 0 Å². The lowest BCUT2D eigenvalue weighted by atomic mass is 10.3. The lowest BCUT2D eigenvalue weighted by molar-refractivity contribution is -0.132. The molecule has 118 valence electrons. The number of aliphatic hydroxyl groups is 1. The molecule has 5 heteroatoms. The Morgan fingerprint density at radius 2 is 1.86 bits per heavy atom. The third kappa shape index (κ3) is 6.60. The predicted octanol–water partition coefficient (Wildman–Crippen LogP) is 1.23. The minimum Gasteiger partial charge on any atom is -0.491 e. The van der Waals surface area contributed by atoms with Crippen LogP contribution in [0.1, 0.15) is 13.8 Å². The van der Waals surface area contributed by atoms with Gasteiger partial charge in [0.25, 0.3) is 0 Å². The van der Waals surface area contributed by atoms with Crippen LogP contribution in [0.2, 0.25) is 0 Å². The van der Waals surface area contributed by atoms with Crippen LogP contribution in [0.25, 0.3) is 0 Å². The zero-order valence-electron chi connectivity index (χ0n) is 13.2. The summed E-state index contributed by atoms with van der Waals surface area (Å²) in [5.41, 5.74) is 0. The Balaban J connectivity index is 2.30. The van der Waals surface area contributed by atoms with Gasteiger partial charge in [-0.05, 0) is 33.0 Å². The number of amides is 1. The Kier molecular flexibility index (Phi) is 7.79. The number of carbonyl (C=O) groups is 1. The van der Waals surface area contributed by atoms with Crippen LogP contribution >= 0.6 is 0 Å². The lowest BCUT2D eigenvalue weighted by Crippen LogP contribution is -2.42. The van der Waals surface area contributed by atoms with Crippen LogP contribution in [0.4, 0.5) is 0 Å². The standard InChI is InChI=1S/C16H26N2O3/c1-4-18(5-2)16(20)12-17(3)11-14(19)13-21-15-9-7-6-8-10-15/h6-10,14,19H,4-5,11-13H2,1-3H3. The number of nitrogens with zero attached hydrogens (tertiary/aromatic N) is 2. The summed E-state index contributed by atoms with van der Waals surface area (Å²) in [5, 5.41) is 9.96. The molecule has 0 aliphatic rings.